The molecule has 2 aromatic carbocycles. The fourth-order valence-electron chi connectivity index (χ4n) is 2.91. The van der Waals surface area contributed by atoms with Crippen molar-refractivity contribution in [2.24, 2.45) is 7.05 Å². The molecule has 26 heavy (non-hydrogen) atoms. The van der Waals surface area contributed by atoms with Crippen LogP contribution in [-0.4, -0.2) is 22.8 Å². The third-order valence-electron chi connectivity index (χ3n) is 4.09. The Morgan fingerprint density at radius 3 is 2.65 bits per heavy atom. The average molecular weight is 414 g/mol. The molecule has 0 unspecified atom stereocenters. The van der Waals surface area contributed by atoms with Gasteiger partial charge in [-0.2, -0.15) is 5.10 Å². The lowest BCUT2D eigenvalue weighted by molar-refractivity contribution is 0.102. The highest BCUT2D eigenvalue weighted by atomic mass is 79.9. The molecule has 134 valence electrons. The van der Waals surface area contributed by atoms with Crippen molar-refractivity contribution < 1.29 is 9.53 Å². The number of nitrogens with one attached hydrogen (secondary N) is 1. The predicted molar refractivity (Wildman–Crippen MR) is 106 cm³/mol. The monoisotopic (exact) mass is 413 g/mol. The van der Waals surface area contributed by atoms with Crippen molar-refractivity contribution >= 4 is 27.7 Å². The molecule has 0 saturated carbocycles. The van der Waals surface area contributed by atoms with Gasteiger partial charge in [-0.1, -0.05) is 40.2 Å². The number of carbonyl (C=O) groups is 1. The highest BCUT2D eigenvalue weighted by Crippen LogP contribution is 2.32. The first-order valence-corrected chi connectivity index (χ1v) is 8.97. The molecule has 0 fully saturated rings. The number of hydrogen-bond donors (Lipinski definition) is 1. The van der Waals surface area contributed by atoms with Gasteiger partial charge < -0.3 is 10.1 Å². The van der Waals surface area contributed by atoms with E-state index >= 15 is 0 Å². The SMILES string of the molecule is COCc1cccc(C(=O)Nc2c(-c3ccc(Br)cc3)c(C)nn2C)c1. The van der Waals surface area contributed by atoms with E-state index in [0.29, 0.717) is 18.0 Å². The maximum absolute atomic E-state index is 12.8. The Hall–Kier alpha value is -2.44. The third-order valence-corrected chi connectivity index (χ3v) is 4.62. The Morgan fingerprint density at radius 2 is 1.96 bits per heavy atom. The van der Waals surface area contributed by atoms with Crippen molar-refractivity contribution in [2.75, 3.05) is 12.4 Å². The number of anilines is 1. The number of nitrogens with zero attached hydrogens (tertiary/aromatic N) is 2. The van der Waals surface area contributed by atoms with E-state index in [1.165, 1.54) is 0 Å². The number of ether oxygens (including phenoxy) is 1. The summed E-state index contributed by atoms with van der Waals surface area (Å²) in [6.07, 6.45) is 0. The van der Waals surface area contributed by atoms with E-state index < -0.39 is 0 Å². The summed E-state index contributed by atoms with van der Waals surface area (Å²) in [4.78, 5) is 12.8. The van der Waals surface area contributed by atoms with E-state index in [-0.39, 0.29) is 5.91 Å². The molecule has 0 bridgehead atoms. The lowest BCUT2D eigenvalue weighted by Gasteiger charge is -2.10. The van der Waals surface area contributed by atoms with Crippen LogP contribution in [0.3, 0.4) is 0 Å². The minimum Gasteiger partial charge on any atom is -0.380 e. The van der Waals surface area contributed by atoms with Crippen LogP contribution in [0.2, 0.25) is 0 Å². The minimum atomic E-state index is -0.177. The van der Waals surface area contributed by atoms with Crippen LogP contribution in [0.15, 0.2) is 53.0 Å². The van der Waals surface area contributed by atoms with Crippen molar-refractivity contribution in [2.45, 2.75) is 13.5 Å². The van der Waals surface area contributed by atoms with E-state index in [4.69, 9.17) is 4.74 Å². The molecule has 3 rings (SSSR count). The molecule has 0 aliphatic rings. The van der Waals surface area contributed by atoms with Gasteiger partial charge >= 0.3 is 0 Å². The number of hydrogen-bond acceptors (Lipinski definition) is 3. The Morgan fingerprint density at radius 1 is 1.23 bits per heavy atom. The van der Waals surface area contributed by atoms with Crippen LogP contribution in [0.1, 0.15) is 21.6 Å². The van der Waals surface area contributed by atoms with Gasteiger partial charge in [-0.05, 0) is 42.3 Å². The normalized spacial score (nSPS) is 10.8. The van der Waals surface area contributed by atoms with Gasteiger partial charge in [-0.25, -0.2) is 0 Å². The Balaban J connectivity index is 1.94. The molecular weight excluding hydrogens is 394 g/mol. The molecule has 1 heterocycles. The van der Waals surface area contributed by atoms with Crippen LogP contribution < -0.4 is 5.32 Å². The van der Waals surface area contributed by atoms with Gasteiger partial charge in [-0.15, -0.1) is 0 Å². The van der Waals surface area contributed by atoms with Gasteiger partial charge in [-0.3, -0.25) is 9.48 Å². The Bertz CT molecular complexity index is 933. The number of aromatic nitrogens is 2. The van der Waals surface area contributed by atoms with Crippen molar-refractivity contribution in [3.63, 3.8) is 0 Å². The number of methoxy groups -OCH3 is 1. The highest BCUT2D eigenvalue weighted by molar-refractivity contribution is 9.10. The van der Waals surface area contributed by atoms with E-state index in [2.05, 4.69) is 26.3 Å². The second-order valence-electron chi connectivity index (χ2n) is 6.03. The first kappa shape index (κ1) is 18.4. The first-order valence-electron chi connectivity index (χ1n) is 8.18. The summed E-state index contributed by atoms with van der Waals surface area (Å²) in [5.74, 6) is 0.497. The second-order valence-corrected chi connectivity index (χ2v) is 6.94. The summed E-state index contributed by atoms with van der Waals surface area (Å²) in [7, 11) is 3.46. The zero-order chi connectivity index (χ0) is 18.7. The van der Waals surface area contributed by atoms with Gasteiger partial charge in [0.25, 0.3) is 5.91 Å². The average Bonchev–Trinajstić information content (AvgIpc) is 2.90. The summed E-state index contributed by atoms with van der Waals surface area (Å²) < 4.78 is 7.84. The van der Waals surface area contributed by atoms with Gasteiger partial charge in [0.2, 0.25) is 0 Å². The lowest BCUT2D eigenvalue weighted by Crippen LogP contribution is -2.15. The van der Waals surface area contributed by atoms with Gasteiger partial charge in [0.05, 0.1) is 12.3 Å². The molecule has 6 heteroatoms. The van der Waals surface area contributed by atoms with E-state index in [1.807, 2.05) is 56.4 Å². The molecule has 3 aromatic rings. The lowest BCUT2D eigenvalue weighted by atomic mass is 10.1. The van der Waals surface area contributed by atoms with Crippen molar-refractivity contribution in [3.8, 4) is 11.1 Å². The smallest absolute Gasteiger partial charge is 0.256 e. The quantitative estimate of drug-likeness (QED) is 0.666. The van der Waals surface area contributed by atoms with Crippen molar-refractivity contribution in [1.29, 1.82) is 0 Å². The number of aryl methyl sites for hydroxylation is 2. The summed E-state index contributed by atoms with van der Waals surface area (Å²) in [5.41, 5.74) is 4.32. The van der Waals surface area contributed by atoms with Crippen LogP contribution in [0, 0.1) is 6.92 Å². The second kappa shape index (κ2) is 7.85. The molecule has 0 atom stereocenters. The van der Waals surface area contributed by atoms with Crippen LogP contribution in [-0.2, 0) is 18.4 Å². The molecule has 1 N–H and O–H groups in total. The van der Waals surface area contributed by atoms with E-state index in [1.54, 1.807) is 17.9 Å². The van der Waals surface area contributed by atoms with Gasteiger partial charge in [0.15, 0.2) is 0 Å². The number of rotatable bonds is 5. The van der Waals surface area contributed by atoms with Crippen molar-refractivity contribution in [3.05, 3.63) is 69.8 Å². The summed E-state index contributed by atoms with van der Waals surface area (Å²) in [6, 6.07) is 15.4. The van der Waals surface area contributed by atoms with E-state index in [9.17, 15) is 4.79 Å². The number of carbonyl (C=O) groups excluding carboxylic acids is 1. The van der Waals surface area contributed by atoms with Crippen molar-refractivity contribution in [1.82, 2.24) is 9.78 Å². The topological polar surface area (TPSA) is 56.1 Å². The van der Waals surface area contributed by atoms with Gasteiger partial charge in [0, 0.05) is 29.8 Å². The molecule has 1 amide bonds. The number of amides is 1. The number of benzene rings is 2. The molecule has 0 saturated heterocycles. The Kier molecular flexibility index (Phi) is 5.54. The Labute approximate surface area is 161 Å². The largest absolute Gasteiger partial charge is 0.380 e. The zero-order valence-electron chi connectivity index (χ0n) is 14.9. The molecule has 5 nitrogen and oxygen atoms in total. The number of halogens is 1. The maximum atomic E-state index is 12.8. The standard InChI is InChI=1S/C20H20BrN3O2/c1-13-18(15-7-9-17(21)10-8-15)19(24(2)23-13)22-20(25)16-6-4-5-14(11-16)12-26-3/h4-11H,12H2,1-3H3,(H,22,25). The summed E-state index contributed by atoms with van der Waals surface area (Å²) in [6.45, 7) is 2.41. The summed E-state index contributed by atoms with van der Waals surface area (Å²) >= 11 is 3.45. The molecule has 0 spiro atoms. The fraction of sp³-hybridized carbons (Fsp3) is 0.200. The highest BCUT2D eigenvalue weighted by Gasteiger charge is 2.18. The fourth-order valence-corrected chi connectivity index (χ4v) is 3.18. The van der Waals surface area contributed by atoms with E-state index in [0.717, 1.165) is 26.9 Å². The molecular formula is C20H20BrN3O2. The van der Waals surface area contributed by atoms with Crippen LogP contribution in [0.25, 0.3) is 11.1 Å². The third kappa shape index (κ3) is 3.86. The predicted octanol–water partition coefficient (Wildman–Crippen LogP) is 4.56. The summed E-state index contributed by atoms with van der Waals surface area (Å²) in [5, 5.41) is 7.48. The molecule has 0 radical (unpaired) electrons. The molecule has 1 aromatic heterocycles. The molecule has 0 aliphatic carbocycles. The first-order chi connectivity index (χ1) is 12.5. The van der Waals surface area contributed by atoms with Gasteiger partial charge in [0.1, 0.15) is 5.82 Å². The molecule has 0 aliphatic heterocycles. The zero-order valence-corrected chi connectivity index (χ0v) is 16.5. The van der Waals surface area contributed by atoms with Crippen LogP contribution in [0.5, 0.6) is 0 Å². The minimum absolute atomic E-state index is 0.177. The van der Waals surface area contributed by atoms with Crippen LogP contribution in [0.4, 0.5) is 5.82 Å². The van der Waals surface area contributed by atoms with Crippen LogP contribution >= 0.6 is 15.9 Å². The maximum Gasteiger partial charge on any atom is 0.256 e.